The highest BCUT2D eigenvalue weighted by Gasteiger charge is 2.26. The minimum atomic E-state index is 0.598. The van der Waals surface area contributed by atoms with E-state index in [4.69, 9.17) is 9.97 Å². The summed E-state index contributed by atoms with van der Waals surface area (Å²) in [4.78, 5) is 9.88. The Morgan fingerprint density at radius 1 is 1.05 bits per heavy atom. The van der Waals surface area contributed by atoms with Crippen LogP contribution in [0.2, 0.25) is 0 Å². The number of fused-ring (bicyclic) bond motifs is 1. The van der Waals surface area contributed by atoms with E-state index in [0.717, 1.165) is 43.4 Å². The molecule has 21 heavy (non-hydrogen) atoms. The van der Waals surface area contributed by atoms with E-state index in [9.17, 15) is 0 Å². The quantitative estimate of drug-likeness (QED) is 0.868. The lowest BCUT2D eigenvalue weighted by Crippen LogP contribution is -2.17. The minimum absolute atomic E-state index is 0.598. The number of hydrogen-bond acceptors (Lipinski definition) is 3. The number of aromatic nitrogens is 2. The van der Waals surface area contributed by atoms with Gasteiger partial charge in [0, 0.05) is 23.7 Å². The second-order valence-electron chi connectivity index (χ2n) is 6.76. The molecule has 0 aromatic carbocycles. The van der Waals surface area contributed by atoms with Crippen LogP contribution in [0, 0.1) is 5.92 Å². The molecule has 1 N–H and O–H groups in total. The van der Waals surface area contributed by atoms with Crippen molar-refractivity contribution in [2.24, 2.45) is 5.92 Å². The summed E-state index contributed by atoms with van der Waals surface area (Å²) >= 11 is 0. The number of hydrogen-bond donors (Lipinski definition) is 1. The van der Waals surface area contributed by atoms with Crippen LogP contribution < -0.4 is 5.32 Å². The molecule has 0 unspecified atom stereocenters. The summed E-state index contributed by atoms with van der Waals surface area (Å²) in [5.41, 5.74) is 2.73. The summed E-state index contributed by atoms with van der Waals surface area (Å²) in [5.74, 6) is 3.81. The van der Waals surface area contributed by atoms with Gasteiger partial charge in [0.05, 0.1) is 0 Å². The van der Waals surface area contributed by atoms with E-state index in [1.165, 1.54) is 49.8 Å². The van der Waals surface area contributed by atoms with Crippen molar-refractivity contribution < 1.29 is 0 Å². The average molecular weight is 287 g/mol. The van der Waals surface area contributed by atoms with Crippen molar-refractivity contribution in [3.05, 3.63) is 17.1 Å². The van der Waals surface area contributed by atoms with Gasteiger partial charge in [-0.3, -0.25) is 0 Å². The Kier molecular flexibility index (Phi) is 4.77. The van der Waals surface area contributed by atoms with Crippen molar-refractivity contribution in [1.29, 1.82) is 0 Å². The SMILES string of the molecule is CCCNc1nc(C2CCC(CC)CC2)nc2c1CCC2. The highest BCUT2D eigenvalue weighted by molar-refractivity contribution is 5.49. The maximum Gasteiger partial charge on any atom is 0.134 e. The van der Waals surface area contributed by atoms with Crippen molar-refractivity contribution in [3.8, 4) is 0 Å². The van der Waals surface area contributed by atoms with Gasteiger partial charge in [0.25, 0.3) is 0 Å². The monoisotopic (exact) mass is 287 g/mol. The Hall–Kier alpha value is -1.12. The molecule has 3 heteroatoms. The minimum Gasteiger partial charge on any atom is -0.370 e. The number of aryl methyl sites for hydroxylation is 1. The summed E-state index contributed by atoms with van der Waals surface area (Å²) in [6.07, 6.45) is 11.3. The Balaban J connectivity index is 1.79. The van der Waals surface area contributed by atoms with Gasteiger partial charge in [0.1, 0.15) is 11.6 Å². The maximum atomic E-state index is 4.95. The molecule has 0 spiro atoms. The van der Waals surface area contributed by atoms with Crippen molar-refractivity contribution >= 4 is 5.82 Å². The van der Waals surface area contributed by atoms with Gasteiger partial charge in [-0.1, -0.05) is 20.3 Å². The van der Waals surface area contributed by atoms with Gasteiger partial charge in [-0.25, -0.2) is 9.97 Å². The first-order valence-corrected chi connectivity index (χ1v) is 8.95. The Labute approximate surface area is 129 Å². The zero-order valence-corrected chi connectivity index (χ0v) is 13.6. The predicted molar refractivity (Wildman–Crippen MR) is 87.8 cm³/mol. The van der Waals surface area contributed by atoms with Gasteiger partial charge in [-0.2, -0.15) is 0 Å². The van der Waals surface area contributed by atoms with Crippen molar-refractivity contribution in [3.63, 3.8) is 0 Å². The number of nitrogens with one attached hydrogen (secondary N) is 1. The first-order valence-electron chi connectivity index (χ1n) is 8.95. The molecule has 0 radical (unpaired) electrons. The molecular formula is C18H29N3. The average Bonchev–Trinajstić information content (AvgIpc) is 3.01. The summed E-state index contributed by atoms with van der Waals surface area (Å²) in [6, 6.07) is 0. The molecule has 1 fully saturated rings. The van der Waals surface area contributed by atoms with Crippen molar-refractivity contribution in [1.82, 2.24) is 9.97 Å². The molecule has 0 bridgehead atoms. The van der Waals surface area contributed by atoms with E-state index < -0.39 is 0 Å². The lowest BCUT2D eigenvalue weighted by molar-refractivity contribution is 0.312. The molecule has 1 saturated carbocycles. The maximum absolute atomic E-state index is 4.95. The molecule has 116 valence electrons. The molecule has 3 rings (SSSR count). The third-order valence-electron chi connectivity index (χ3n) is 5.28. The van der Waals surface area contributed by atoms with Gasteiger partial charge < -0.3 is 5.32 Å². The van der Waals surface area contributed by atoms with Crippen LogP contribution >= 0.6 is 0 Å². The predicted octanol–water partition coefficient (Wildman–Crippen LogP) is 4.47. The summed E-state index contributed by atoms with van der Waals surface area (Å²) in [6.45, 7) is 5.55. The first kappa shape index (κ1) is 14.8. The Morgan fingerprint density at radius 2 is 1.86 bits per heavy atom. The van der Waals surface area contributed by atoms with Crippen molar-refractivity contribution in [2.45, 2.75) is 77.6 Å². The second-order valence-corrected chi connectivity index (χ2v) is 6.76. The Morgan fingerprint density at radius 3 is 2.57 bits per heavy atom. The van der Waals surface area contributed by atoms with Crippen molar-refractivity contribution in [2.75, 3.05) is 11.9 Å². The number of anilines is 1. The van der Waals surface area contributed by atoms with Gasteiger partial charge >= 0.3 is 0 Å². The van der Waals surface area contributed by atoms with Gasteiger partial charge in [0.15, 0.2) is 0 Å². The molecule has 1 heterocycles. The summed E-state index contributed by atoms with van der Waals surface area (Å²) in [7, 11) is 0. The lowest BCUT2D eigenvalue weighted by Gasteiger charge is -2.27. The topological polar surface area (TPSA) is 37.8 Å². The molecule has 1 aromatic rings. The van der Waals surface area contributed by atoms with E-state index in [1.54, 1.807) is 0 Å². The van der Waals surface area contributed by atoms with Crippen LogP contribution in [0.4, 0.5) is 5.82 Å². The van der Waals surface area contributed by atoms with Crippen LogP contribution in [0.15, 0.2) is 0 Å². The highest BCUT2D eigenvalue weighted by Crippen LogP contribution is 2.37. The van der Waals surface area contributed by atoms with Crippen LogP contribution in [0.25, 0.3) is 0 Å². The molecule has 2 aliphatic rings. The second kappa shape index (κ2) is 6.76. The van der Waals surface area contributed by atoms with Crippen LogP contribution in [-0.2, 0) is 12.8 Å². The summed E-state index contributed by atoms with van der Waals surface area (Å²) < 4.78 is 0. The van der Waals surface area contributed by atoms with Crippen LogP contribution in [0.5, 0.6) is 0 Å². The molecule has 0 saturated heterocycles. The molecule has 2 aliphatic carbocycles. The van der Waals surface area contributed by atoms with E-state index in [0.29, 0.717) is 5.92 Å². The lowest BCUT2D eigenvalue weighted by atomic mass is 9.80. The molecule has 0 aliphatic heterocycles. The Bertz CT molecular complexity index is 476. The fourth-order valence-electron chi connectivity index (χ4n) is 3.85. The molecule has 3 nitrogen and oxygen atoms in total. The van der Waals surface area contributed by atoms with E-state index in [1.807, 2.05) is 0 Å². The highest BCUT2D eigenvalue weighted by atomic mass is 15.0. The number of rotatable bonds is 5. The first-order chi connectivity index (χ1) is 10.3. The molecule has 0 atom stereocenters. The molecular weight excluding hydrogens is 258 g/mol. The third-order valence-corrected chi connectivity index (χ3v) is 5.28. The fraction of sp³-hybridized carbons (Fsp3) is 0.778. The fourth-order valence-corrected chi connectivity index (χ4v) is 3.85. The largest absolute Gasteiger partial charge is 0.370 e. The van der Waals surface area contributed by atoms with E-state index in [2.05, 4.69) is 19.2 Å². The van der Waals surface area contributed by atoms with E-state index in [-0.39, 0.29) is 0 Å². The molecule has 0 amide bonds. The van der Waals surface area contributed by atoms with Crippen LogP contribution in [0.3, 0.4) is 0 Å². The normalized spacial score (nSPS) is 24.9. The van der Waals surface area contributed by atoms with Crippen LogP contribution in [-0.4, -0.2) is 16.5 Å². The van der Waals surface area contributed by atoms with Gasteiger partial charge in [0.2, 0.25) is 0 Å². The third kappa shape index (κ3) is 3.22. The zero-order chi connectivity index (χ0) is 14.7. The van der Waals surface area contributed by atoms with Gasteiger partial charge in [-0.15, -0.1) is 0 Å². The smallest absolute Gasteiger partial charge is 0.134 e. The van der Waals surface area contributed by atoms with Crippen LogP contribution in [0.1, 0.15) is 81.8 Å². The molecule has 1 aromatic heterocycles. The number of nitrogens with zero attached hydrogens (tertiary/aromatic N) is 2. The van der Waals surface area contributed by atoms with Gasteiger partial charge in [-0.05, 0) is 57.3 Å². The standard InChI is InChI=1S/C18H29N3/c1-3-12-19-18-15-6-5-7-16(15)20-17(21-18)14-10-8-13(4-2)9-11-14/h13-14H,3-12H2,1-2H3,(H,19,20,21). The summed E-state index contributed by atoms with van der Waals surface area (Å²) in [5, 5.41) is 3.54. The zero-order valence-electron chi connectivity index (χ0n) is 13.6. The van der Waals surface area contributed by atoms with E-state index >= 15 is 0 Å².